The first kappa shape index (κ1) is 15.6. The summed E-state index contributed by atoms with van der Waals surface area (Å²) in [5.41, 5.74) is 2.64. The summed E-state index contributed by atoms with van der Waals surface area (Å²) in [6, 6.07) is 5.30. The SMILES string of the molecule is Cl.O=C(CCC(F)(F)F)Nc1ccc2c(c1)CCN2. The maximum atomic E-state index is 11.9. The molecule has 0 fully saturated rings. The van der Waals surface area contributed by atoms with E-state index in [1.165, 1.54) is 0 Å². The molecule has 0 aliphatic carbocycles. The van der Waals surface area contributed by atoms with E-state index in [-0.39, 0.29) is 12.4 Å². The van der Waals surface area contributed by atoms with E-state index < -0.39 is 24.9 Å². The van der Waals surface area contributed by atoms with E-state index in [0.29, 0.717) is 5.69 Å². The van der Waals surface area contributed by atoms with Crippen LogP contribution in [0, 0.1) is 0 Å². The predicted octanol–water partition coefficient (Wildman–Crippen LogP) is 3.36. The fraction of sp³-hybridized carbons (Fsp3) is 0.417. The smallest absolute Gasteiger partial charge is 0.384 e. The number of nitrogens with one attached hydrogen (secondary N) is 2. The second kappa shape index (κ2) is 6.14. The molecule has 1 amide bonds. The normalized spacial score (nSPS) is 13.2. The summed E-state index contributed by atoms with van der Waals surface area (Å²) < 4.78 is 35.8. The van der Waals surface area contributed by atoms with Crippen molar-refractivity contribution in [2.45, 2.75) is 25.4 Å². The summed E-state index contributed by atoms with van der Waals surface area (Å²) >= 11 is 0. The molecule has 2 rings (SSSR count). The van der Waals surface area contributed by atoms with E-state index in [1.54, 1.807) is 12.1 Å². The molecule has 0 unspecified atom stereocenters. The highest BCUT2D eigenvalue weighted by atomic mass is 35.5. The van der Waals surface area contributed by atoms with Gasteiger partial charge in [0.2, 0.25) is 5.91 Å². The number of halogens is 4. The third-order valence-electron chi connectivity index (χ3n) is 2.73. The van der Waals surface area contributed by atoms with Crippen LogP contribution in [-0.2, 0) is 11.2 Å². The third-order valence-corrected chi connectivity index (χ3v) is 2.73. The Balaban J connectivity index is 0.00000180. The van der Waals surface area contributed by atoms with E-state index in [1.807, 2.05) is 6.07 Å². The number of rotatable bonds is 3. The number of benzene rings is 1. The van der Waals surface area contributed by atoms with Crippen molar-refractivity contribution in [2.24, 2.45) is 0 Å². The van der Waals surface area contributed by atoms with Gasteiger partial charge in [0, 0.05) is 24.3 Å². The Morgan fingerprint density at radius 1 is 1.37 bits per heavy atom. The van der Waals surface area contributed by atoms with Gasteiger partial charge in [-0.1, -0.05) is 0 Å². The van der Waals surface area contributed by atoms with Crippen LogP contribution >= 0.6 is 12.4 Å². The quantitative estimate of drug-likeness (QED) is 0.897. The third kappa shape index (κ3) is 4.63. The first-order chi connectivity index (χ1) is 8.44. The Labute approximate surface area is 115 Å². The van der Waals surface area contributed by atoms with Crippen LogP contribution in [0.2, 0.25) is 0 Å². The first-order valence-electron chi connectivity index (χ1n) is 5.67. The fourth-order valence-electron chi connectivity index (χ4n) is 1.86. The van der Waals surface area contributed by atoms with Gasteiger partial charge < -0.3 is 10.6 Å². The molecule has 0 spiro atoms. The fourth-order valence-corrected chi connectivity index (χ4v) is 1.86. The summed E-state index contributed by atoms with van der Waals surface area (Å²) in [7, 11) is 0. The Kier molecular flexibility index (Phi) is 5.05. The molecule has 1 heterocycles. The Hall–Kier alpha value is -1.43. The highest BCUT2D eigenvalue weighted by molar-refractivity contribution is 5.91. The first-order valence-corrected chi connectivity index (χ1v) is 5.67. The topological polar surface area (TPSA) is 41.1 Å². The molecule has 106 valence electrons. The monoisotopic (exact) mass is 294 g/mol. The molecule has 1 aliphatic heterocycles. The summed E-state index contributed by atoms with van der Waals surface area (Å²) in [6.45, 7) is 0.848. The molecular weight excluding hydrogens is 281 g/mol. The van der Waals surface area contributed by atoms with Crippen LogP contribution in [-0.4, -0.2) is 18.6 Å². The maximum Gasteiger partial charge on any atom is 0.389 e. The average Bonchev–Trinajstić information content (AvgIpc) is 2.72. The van der Waals surface area contributed by atoms with Gasteiger partial charge in [0.15, 0.2) is 0 Å². The van der Waals surface area contributed by atoms with Crippen molar-refractivity contribution in [3.05, 3.63) is 23.8 Å². The van der Waals surface area contributed by atoms with Crippen LogP contribution in [0.5, 0.6) is 0 Å². The zero-order valence-corrected chi connectivity index (χ0v) is 10.8. The lowest BCUT2D eigenvalue weighted by molar-refractivity contribution is -0.142. The number of carbonyl (C=O) groups is 1. The highest BCUT2D eigenvalue weighted by Crippen LogP contribution is 2.26. The lowest BCUT2D eigenvalue weighted by Gasteiger charge is -2.08. The van der Waals surface area contributed by atoms with Crippen LogP contribution in [0.3, 0.4) is 0 Å². The zero-order chi connectivity index (χ0) is 13.2. The van der Waals surface area contributed by atoms with Crippen LogP contribution < -0.4 is 10.6 Å². The molecule has 0 saturated carbocycles. The zero-order valence-electron chi connectivity index (χ0n) is 10.0. The van der Waals surface area contributed by atoms with Crippen molar-refractivity contribution in [1.82, 2.24) is 0 Å². The molecule has 1 aliphatic rings. The van der Waals surface area contributed by atoms with Crippen molar-refractivity contribution in [3.63, 3.8) is 0 Å². The Morgan fingerprint density at radius 3 is 2.79 bits per heavy atom. The Morgan fingerprint density at radius 2 is 2.11 bits per heavy atom. The van der Waals surface area contributed by atoms with E-state index in [4.69, 9.17) is 0 Å². The van der Waals surface area contributed by atoms with Crippen molar-refractivity contribution in [1.29, 1.82) is 0 Å². The van der Waals surface area contributed by atoms with Gasteiger partial charge in [-0.15, -0.1) is 12.4 Å². The number of fused-ring (bicyclic) bond motifs is 1. The maximum absolute atomic E-state index is 11.9. The molecule has 19 heavy (non-hydrogen) atoms. The summed E-state index contributed by atoms with van der Waals surface area (Å²) in [5.74, 6) is -0.613. The molecule has 0 atom stereocenters. The number of hydrogen-bond acceptors (Lipinski definition) is 2. The molecule has 7 heteroatoms. The van der Waals surface area contributed by atoms with Gasteiger partial charge in [0.05, 0.1) is 6.42 Å². The van der Waals surface area contributed by atoms with Crippen molar-refractivity contribution < 1.29 is 18.0 Å². The molecule has 0 aromatic heterocycles. The van der Waals surface area contributed by atoms with Gasteiger partial charge in [-0.25, -0.2) is 0 Å². The van der Waals surface area contributed by atoms with Crippen LogP contribution in [0.15, 0.2) is 18.2 Å². The minimum Gasteiger partial charge on any atom is -0.384 e. The predicted molar refractivity (Wildman–Crippen MR) is 69.8 cm³/mol. The number of anilines is 2. The average molecular weight is 295 g/mol. The van der Waals surface area contributed by atoms with Crippen molar-refractivity contribution in [2.75, 3.05) is 17.2 Å². The van der Waals surface area contributed by atoms with Crippen LogP contribution in [0.4, 0.5) is 24.5 Å². The van der Waals surface area contributed by atoms with Gasteiger partial charge in [-0.3, -0.25) is 4.79 Å². The van der Waals surface area contributed by atoms with Crippen molar-refractivity contribution in [3.8, 4) is 0 Å². The minimum atomic E-state index is -4.29. The Bertz CT molecular complexity index is 463. The van der Waals surface area contributed by atoms with Gasteiger partial charge >= 0.3 is 6.18 Å². The van der Waals surface area contributed by atoms with E-state index in [9.17, 15) is 18.0 Å². The standard InChI is InChI=1S/C12H13F3N2O.ClH/c13-12(14,15)5-3-11(18)17-9-1-2-10-8(7-9)4-6-16-10;/h1-2,7,16H,3-6H2,(H,17,18);1H. The highest BCUT2D eigenvalue weighted by Gasteiger charge is 2.27. The molecular formula is C12H14ClF3N2O. The molecule has 2 N–H and O–H groups in total. The number of amides is 1. The number of alkyl halides is 3. The molecule has 1 aromatic rings. The molecule has 3 nitrogen and oxygen atoms in total. The van der Waals surface area contributed by atoms with Crippen molar-refractivity contribution >= 4 is 29.7 Å². The van der Waals surface area contributed by atoms with Gasteiger partial charge in [0.1, 0.15) is 0 Å². The summed E-state index contributed by atoms with van der Waals surface area (Å²) in [6.07, 6.45) is -5.06. The lowest BCUT2D eigenvalue weighted by Crippen LogP contribution is -2.16. The molecule has 0 bridgehead atoms. The second-order valence-corrected chi connectivity index (χ2v) is 4.21. The minimum absolute atomic E-state index is 0. The number of carbonyl (C=O) groups excluding carboxylic acids is 1. The van der Waals surface area contributed by atoms with E-state index in [2.05, 4.69) is 10.6 Å². The van der Waals surface area contributed by atoms with E-state index >= 15 is 0 Å². The van der Waals surface area contributed by atoms with Gasteiger partial charge in [-0.05, 0) is 30.2 Å². The summed E-state index contributed by atoms with van der Waals surface area (Å²) in [4.78, 5) is 11.3. The van der Waals surface area contributed by atoms with Gasteiger partial charge in [-0.2, -0.15) is 13.2 Å². The second-order valence-electron chi connectivity index (χ2n) is 4.21. The lowest BCUT2D eigenvalue weighted by atomic mass is 10.1. The molecule has 0 radical (unpaired) electrons. The largest absolute Gasteiger partial charge is 0.389 e. The van der Waals surface area contributed by atoms with Gasteiger partial charge in [0.25, 0.3) is 0 Å². The van der Waals surface area contributed by atoms with Crippen LogP contribution in [0.1, 0.15) is 18.4 Å². The summed E-state index contributed by atoms with van der Waals surface area (Å²) in [5, 5.41) is 5.64. The van der Waals surface area contributed by atoms with Crippen LogP contribution in [0.25, 0.3) is 0 Å². The van der Waals surface area contributed by atoms with E-state index in [0.717, 1.165) is 24.2 Å². The number of hydrogen-bond donors (Lipinski definition) is 2. The molecule has 1 aromatic carbocycles. The molecule has 0 saturated heterocycles.